The fourth-order valence-corrected chi connectivity index (χ4v) is 2.65. The van der Waals surface area contributed by atoms with Crippen LogP contribution in [0, 0.1) is 0 Å². The van der Waals surface area contributed by atoms with E-state index in [1.807, 2.05) is 6.92 Å². The summed E-state index contributed by atoms with van der Waals surface area (Å²) >= 11 is 0. The van der Waals surface area contributed by atoms with Crippen LogP contribution < -0.4 is 10.1 Å². The molecule has 0 fully saturated rings. The van der Waals surface area contributed by atoms with E-state index in [0.717, 1.165) is 11.6 Å². The Morgan fingerprint density at radius 1 is 1.08 bits per heavy atom. The zero-order valence-electron chi connectivity index (χ0n) is 14.1. The minimum absolute atomic E-state index is 0.166. The summed E-state index contributed by atoms with van der Waals surface area (Å²) in [6.45, 7) is 4.17. The third kappa shape index (κ3) is 4.98. The monoisotopic (exact) mass is 351 g/mol. The molecule has 1 unspecified atom stereocenters. The summed E-state index contributed by atoms with van der Waals surface area (Å²) in [6.07, 6.45) is -4.25. The Hall–Kier alpha value is -2.50. The second-order valence-corrected chi connectivity index (χ2v) is 5.57. The molecule has 0 saturated heterocycles. The van der Waals surface area contributed by atoms with Gasteiger partial charge in [0.05, 0.1) is 5.56 Å². The number of alkyl halides is 3. The highest BCUT2D eigenvalue weighted by atomic mass is 19.4. The lowest BCUT2D eigenvalue weighted by atomic mass is 9.88. The molecule has 1 atom stereocenters. The van der Waals surface area contributed by atoms with Gasteiger partial charge in [-0.2, -0.15) is 13.2 Å². The molecular weight excluding hydrogens is 331 g/mol. The van der Waals surface area contributed by atoms with Crippen molar-refractivity contribution in [1.82, 2.24) is 5.32 Å². The number of halogens is 3. The second-order valence-electron chi connectivity index (χ2n) is 5.57. The van der Waals surface area contributed by atoms with E-state index in [4.69, 9.17) is 4.74 Å². The van der Waals surface area contributed by atoms with Crippen LogP contribution in [0.2, 0.25) is 0 Å². The lowest BCUT2D eigenvalue weighted by Gasteiger charge is -2.18. The third-order valence-electron chi connectivity index (χ3n) is 3.84. The zero-order valence-corrected chi connectivity index (χ0v) is 14.1. The number of rotatable bonds is 5. The molecule has 1 N–H and O–H groups in total. The van der Waals surface area contributed by atoms with Crippen molar-refractivity contribution < 1.29 is 22.7 Å². The molecule has 2 aromatic carbocycles. The first-order chi connectivity index (χ1) is 11.8. The van der Waals surface area contributed by atoms with Gasteiger partial charge < -0.3 is 10.1 Å². The quantitative estimate of drug-likeness (QED) is 0.788. The Kier molecular flexibility index (Phi) is 6.07. The van der Waals surface area contributed by atoms with E-state index >= 15 is 0 Å². The standard InChI is InChI=1S/C19H20F3NO2/c1-3-17(14-6-5-7-15(12-14)19(20,21)22)13-8-10-16(11-9-13)25-18(24)23-4-2/h5-12,17H,3-4H2,1-2H3,(H,23,24). The van der Waals surface area contributed by atoms with E-state index in [9.17, 15) is 18.0 Å². The van der Waals surface area contributed by atoms with Gasteiger partial charge >= 0.3 is 12.3 Å². The summed E-state index contributed by atoms with van der Waals surface area (Å²) < 4.78 is 43.9. The van der Waals surface area contributed by atoms with Crippen molar-refractivity contribution in [3.05, 3.63) is 65.2 Å². The first kappa shape index (κ1) is 18.8. The molecule has 0 radical (unpaired) electrons. The van der Waals surface area contributed by atoms with Crippen LogP contribution in [0.5, 0.6) is 5.75 Å². The number of carbonyl (C=O) groups is 1. The van der Waals surface area contributed by atoms with Gasteiger partial charge in [-0.25, -0.2) is 4.79 Å². The summed E-state index contributed by atoms with van der Waals surface area (Å²) in [5.74, 6) is 0.217. The van der Waals surface area contributed by atoms with Crippen LogP contribution in [-0.2, 0) is 6.18 Å². The maximum Gasteiger partial charge on any atom is 0.416 e. The van der Waals surface area contributed by atoms with Crippen molar-refractivity contribution in [2.24, 2.45) is 0 Å². The van der Waals surface area contributed by atoms with Gasteiger partial charge in [0.2, 0.25) is 0 Å². The van der Waals surface area contributed by atoms with Crippen LogP contribution >= 0.6 is 0 Å². The highest BCUT2D eigenvalue weighted by Crippen LogP contribution is 2.34. The fourth-order valence-electron chi connectivity index (χ4n) is 2.65. The Balaban J connectivity index is 2.22. The minimum atomic E-state index is -4.36. The van der Waals surface area contributed by atoms with Crippen molar-refractivity contribution in [1.29, 1.82) is 0 Å². The Bertz CT molecular complexity index is 711. The molecule has 2 rings (SSSR count). The number of ether oxygens (including phenoxy) is 1. The summed E-state index contributed by atoms with van der Waals surface area (Å²) in [6, 6.07) is 12.2. The van der Waals surface area contributed by atoms with Crippen LogP contribution in [0.3, 0.4) is 0 Å². The average Bonchev–Trinajstić information content (AvgIpc) is 2.57. The van der Waals surface area contributed by atoms with Gasteiger partial charge in [-0.3, -0.25) is 0 Å². The van der Waals surface area contributed by atoms with E-state index in [2.05, 4.69) is 5.32 Å². The maximum atomic E-state index is 12.9. The highest BCUT2D eigenvalue weighted by Gasteiger charge is 2.31. The molecule has 0 bridgehead atoms. The molecule has 0 aliphatic heterocycles. The Morgan fingerprint density at radius 2 is 1.76 bits per heavy atom. The first-order valence-electron chi connectivity index (χ1n) is 8.08. The SMILES string of the molecule is CCNC(=O)Oc1ccc(C(CC)c2cccc(C(F)(F)F)c2)cc1. The summed E-state index contributed by atoms with van der Waals surface area (Å²) in [5, 5.41) is 2.52. The molecular formula is C19H20F3NO2. The molecule has 0 saturated carbocycles. The van der Waals surface area contributed by atoms with Crippen LogP contribution in [0.4, 0.5) is 18.0 Å². The topological polar surface area (TPSA) is 38.3 Å². The molecule has 6 heteroatoms. The Morgan fingerprint density at radius 3 is 2.32 bits per heavy atom. The summed E-state index contributed by atoms with van der Waals surface area (Å²) in [7, 11) is 0. The van der Waals surface area contributed by atoms with Crippen molar-refractivity contribution in [3.63, 3.8) is 0 Å². The van der Waals surface area contributed by atoms with E-state index in [-0.39, 0.29) is 5.92 Å². The third-order valence-corrected chi connectivity index (χ3v) is 3.84. The Labute approximate surface area is 144 Å². The zero-order chi connectivity index (χ0) is 18.4. The smallest absolute Gasteiger partial charge is 0.410 e. The molecule has 134 valence electrons. The summed E-state index contributed by atoms with van der Waals surface area (Å²) in [5.41, 5.74) is 0.819. The van der Waals surface area contributed by atoms with Gasteiger partial charge in [0, 0.05) is 12.5 Å². The van der Waals surface area contributed by atoms with Gasteiger partial charge in [-0.1, -0.05) is 37.3 Å². The molecule has 0 heterocycles. The second kappa shape index (κ2) is 8.05. The lowest BCUT2D eigenvalue weighted by Crippen LogP contribution is -2.26. The van der Waals surface area contributed by atoms with Crippen LogP contribution in [0.25, 0.3) is 0 Å². The van der Waals surface area contributed by atoms with Crippen molar-refractivity contribution >= 4 is 6.09 Å². The molecule has 0 aliphatic rings. The molecule has 0 aromatic heterocycles. The van der Waals surface area contributed by atoms with E-state index in [0.29, 0.717) is 24.3 Å². The predicted octanol–water partition coefficient (Wildman–Crippen LogP) is 5.36. The number of benzene rings is 2. The number of hydrogen-bond acceptors (Lipinski definition) is 2. The molecule has 2 aromatic rings. The molecule has 3 nitrogen and oxygen atoms in total. The first-order valence-corrected chi connectivity index (χ1v) is 8.08. The van der Waals surface area contributed by atoms with Crippen LogP contribution in [-0.4, -0.2) is 12.6 Å². The molecule has 1 amide bonds. The van der Waals surface area contributed by atoms with Crippen molar-refractivity contribution in [2.75, 3.05) is 6.54 Å². The normalized spacial score (nSPS) is 12.5. The largest absolute Gasteiger partial charge is 0.416 e. The minimum Gasteiger partial charge on any atom is -0.410 e. The van der Waals surface area contributed by atoms with E-state index in [1.54, 1.807) is 37.3 Å². The number of nitrogens with one attached hydrogen (secondary N) is 1. The van der Waals surface area contributed by atoms with Crippen LogP contribution in [0.1, 0.15) is 42.9 Å². The lowest BCUT2D eigenvalue weighted by molar-refractivity contribution is -0.137. The van der Waals surface area contributed by atoms with Gasteiger partial charge in [-0.05, 0) is 42.7 Å². The van der Waals surface area contributed by atoms with Crippen molar-refractivity contribution in [3.8, 4) is 5.75 Å². The fraction of sp³-hybridized carbons (Fsp3) is 0.316. The predicted molar refractivity (Wildman–Crippen MR) is 89.7 cm³/mol. The van der Waals surface area contributed by atoms with Gasteiger partial charge in [0.1, 0.15) is 5.75 Å². The highest BCUT2D eigenvalue weighted by molar-refractivity contribution is 5.70. The van der Waals surface area contributed by atoms with E-state index < -0.39 is 17.8 Å². The average molecular weight is 351 g/mol. The van der Waals surface area contributed by atoms with Gasteiger partial charge in [0.25, 0.3) is 0 Å². The molecule has 0 aliphatic carbocycles. The van der Waals surface area contributed by atoms with Gasteiger partial charge in [-0.15, -0.1) is 0 Å². The number of amides is 1. The van der Waals surface area contributed by atoms with Gasteiger partial charge in [0.15, 0.2) is 0 Å². The number of hydrogen-bond donors (Lipinski definition) is 1. The van der Waals surface area contributed by atoms with Crippen LogP contribution in [0.15, 0.2) is 48.5 Å². The summed E-state index contributed by atoms with van der Waals surface area (Å²) in [4.78, 5) is 11.4. The maximum absolute atomic E-state index is 12.9. The van der Waals surface area contributed by atoms with Crippen molar-refractivity contribution in [2.45, 2.75) is 32.4 Å². The molecule has 0 spiro atoms. The number of carbonyl (C=O) groups excluding carboxylic acids is 1. The van der Waals surface area contributed by atoms with E-state index in [1.165, 1.54) is 12.1 Å². The molecule has 25 heavy (non-hydrogen) atoms.